The molecule has 0 bridgehead atoms. The Balaban J connectivity index is 1.54. The van der Waals surface area contributed by atoms with Crippen LogP contribution in [0.1, 0.15) is 29.8 Å². The summed E-state index contributed by atoms with van der Waals surface area (Å²) in [4.78, 5) is 25.0. The molecule has 2 aliphatic heterocycles. The topological polar surface area (TPSA) is 81.7 Å². The maximum Gasteiger partial charge on any atom is 0.249 e. The van der Waals surface area contributed by atoms with Crippen molar-refractivity contribution >= 4 is 5.91 Å². The lowest BCUT2D eigenvalue weighted by atomic mass is 9.78. The van der Waals surface area contributed by atoms with E-state index in [2.05, 4.69) is 14.9 Å². The van der Waals surface area contributed by atoms with Crippen molar-refractivity contribution in [3.05, 3.63) is 47.5 Å². The van der Waals surface area contributed by atoms with Crippen molar-refractivity contribution in [2.24, 2.45) is 0 Å². The standard InChI is InChI=1S/C20H26N4O3/c1-27-13-18(26)24-8-5-17-19(22-14-21-17)20(24)6-9-23(10-7-20)12-15-3-2-4-16(25)11-15/h2-4,11,14,25H,5-10,12-13H2,1H3,(H,21,22). The van der Waals surface area contributed by atoms with Crippen LogP contribution in [-0.2, 0) is 28.0 Å². The number of aromatic nitrogens is 2. The Morgan fingerprint density at radius 1 is 1.33 bits per heavy atom. The number of likely N-dealkylation sites (tertiary alicyclic amines) is 1. The summed E-state index contributed by atoms with van der Waals surface area (Å²) in [6, 6.07) is 7.41. The number of phenolic OH excluding ortho intramolecular Hbond substituents is 1. The Bertz CT molecular complexity index is 811. The van der Waals surface area contributed by atoms with Gasteiger partial charge in [-0.15, -0.1) is 0 Å². The number of hydrogen-bond donors (Lipinski definition) is 2. The second kappa shape index (κ2) is 7.32. The Hall–Kier alpha value is -2.38. The minimum absolute atomic E-state index is 0.0348. The normalized spacial score (nSPS) is 19.2. The van der Waals surface area contributed by atoms with E-state index in [9.17, 15) is 9.90 Å². The number of fused-ring (bicyclic) bond motifs is 2. The van der Waals surface area contributed by atoms with Crippen LogP contribution < -0.4 is 0 Å². The molecule has 2 N–H and O–H groups in total. The fraction of sp³-hybridized carbons (Fsp3) is 0.500. The van der Waals surface area contributed by atoms with Gasteiger partial charge in [0, 0.05) is 45.4 Å². The Labute approximate surface area is 159 Å². The van der Waals surface area contributed by atoms with E-state index in [1.165, 1.54) is 0 Å². The summed E-state index contributed by atoms with van der Waals surface area (Å²) < 4.78 is 5.12. The smallest absolute Gasteiger partial charge is 0.249 e. The molecule has 3 heterocycles. The summed E-state index contributed by atoms with van der Waals surface area (Å²) >= 11 is 0. The zero-order chi connectivity index (χ0) is 18.9. The maximum atomic E-state index is 12.7. The molecular formula is C20H26N4O3. The number of carbonyl (C=O) groups is 1. The van der Waals surface area contributed by atoms with Crippen molar-refractivity contribution in [3.8, 4) is 5.75 Å². The van der Waals surface area contributed by atoms with Crippen LogP contribution in [-0.4, -0.2) is 64.1 Å². The molecule has 1 spiro atoms. The molecule has 0 aliphatic carbocycles. The average molecular weight is 370 g/mol. The molecule has 0 atom stereocenters. The molecular weight excluding hydrogens is 344 g/mol. The van der Waals surface area contributed by atoms with E-state index in [0.29, 0.717) is 12.3 Å². The monoisotopic (exact) mass is 370 g/mol. The van der Waals surface area contributed by atoms with Crippen molar-refractivity contribution in [1.82, 2.24) is 19.8 Å². The fourth-order valence-corrected chi connectivity index (χ4v) is 4.54. The Kier molecular flexibility index (Phi) is 4.88. The zero-order valence-corrected chi connectivity index (χ0v) is 15.6. The number of piperidine rings is 1. The minimum Gasteiger partial charge on any atom is -0.508 e. The number of ether oxygens (including phenoxy) is 1. The van der Waals surface area contributed by atoms with Crippen LogP contribution in [0.15, 0.2) is 30.6 Å². The second-order valence-electron chi connectivity index (χ2n) is 7.44. The molecule has 0 unspecified atom stereocenters. The number of amides is 1. The van der Waals surface area contributed by atoms with E-state index in [1.807, 2.05) is 23.1 Å². The van der Waals surface area contributed by atoms with Crippen LogP contribution in [0.5, 0.6) is 5.75 Å². The summed E-state index contributed by atoms with van der Waals surface area (Å²) in [5.74, 6) is 0.332. The number of hydrogen-bond acceptors (Lipinski definition) is 5. The van der Waals surface area contributed by atoms with Gasteiger partial charge in [-0.25, -0.2) is 4.98 Å². The lowest BCUT2D eigenvalue weighted by Gasteiger charge is -2.50. The summed E-state index contributed by atoms with van der Waals surface area (Å²) in [5, 5.41) is 9.69. The highest BCUT2D eigenvalue weighted by molar-refractivity contribution is 5.79. The van der Waals surface area contributed by atoms with Crippen molar-refractivity contribution in [2.45, 2.75) is 31.3 Å². The number of H-pyrrole nitrogens is 1. The first-order valence-corrected chi connectivity index (χ1v) is 9.45. The summed E-state index contributed by atoms with van der Waals surface area (Å²) in [7, 11) is 1.56. The molecule has 7 heteroatoms. The third kappa shape index (κ3) is 3.33. The van der Waals surface area contributed by atoms with Gasteiger partial charge in [0.2, 0.25) is 5.91 Å². The number of methoxy groups -OCH3 is 1. The van der Waals surface area contributed by atoms with E-state index >= 15 is 0 Å². The lowest BCUT2D eigenvalue weighted by molar-refractivity contribution is -0.146. The Morgan fingerprint density at radius 2 is 2.15 bits per heavy atom. The lowest BCUT2D eigenvalue weighted by Crippen LogP contribution is -2.58. The van der Waals surface area contributed by atoms with Gasteiger partial charge < -0.3 is 19.7 Å². The van der Waals surface area contributed by atoms with E-state index < -0.39 is 0 Å². The molecule has 0 saturated carbocycles. The van der Waals surface area contributed by atoms with Crippen LogP contribution >= 0.6 is 0 Å². The first-order chi connectivity index (χ1) is 13.1. The van der Waals surface area contributed by atoms with Crippen molar-refractivity contribution in [2.75, 3.05) is 33.4 Å². The summed E-state index contributed by atoms with van der Waals surface area (Å²) in [6.45, 7) is 3.35. The van der Waals surface area contributed by atoms with Gasteiger partial charge in [-0.1, -0.05) is 12.1 Å². The van der Waals surface area contributed by atoms with Crippen molar-refractivity contribution in [3.63, 3.8) is 0 Å². The van der Waals surface area contributed by atoms with Gasteiger partial charge >= 0.3 is 0 Å². The molecule has 0 radical (unpaired) electrons. The number of carbonyl (C=O) groups excluding carboxylic acids is 1. The first kappa shape index (κ1) is 18.0. The maximum absolute atomic E-state index is 12.7. The molecule has 27 heavy (non-hydrogen) atoms. The van der Waals surface area contributed by atoms with E-state index in [-0.39, 0.29) is 18.1 Å². The van der Waals surface area contributed by atoms with Crippen molar-refractivity contribution < 1.29 is 14.6 Å². The van der Waals surface area contributed by atoms with Gasteiger partial charge in [-0.3, -0.25) is 9.69 Å². The summed E-state index contributed by atoms with van der Waals surface area (Å²) in [6.07, 6.45) is 4.24. The molecule has 1 aromatic carbocycles. The number of aromatic hydroxyl groups is 1. The zero-order valence-electron chi connectivity index (χ0n) is 15.6. The number of rotatable bonds is 4. The number of benzene rings is 1. The van der Waals surface area contributed by atoms with Crippen molar-refractivity contribution in [1.29, 1.82) is 0 Å². The van der Waals surface area contributed by atoms with Gasteiger partial charge in [0.15, 0.2) is 0 Å². The van der Waals surface area contributed by atoms with E-state index in [4.69, 9.17) is 4.74 Å². The van der Waals surface area contributed by atoms with Crippen LogP contribution in [0.4, 0.5) is 0 Å². The second-order valence-corrected chi connectivity index (χ2v) is 7.44. The van der Waals surface area contributed by atoms with Gasteiger partial charge in [0.05, 0.1) is 17.6 Å². The van der Waals surface area contributed by atoms with Crippen LogP contribution in [0, 0.1) is 0 Å². The SMILES string of the molecule is COCC(=O)N1CCc2[nH]cnc2C12CCN(Cc1cccc(O)c1)CC2. The molecule has 2 aromatic rings. The number of nitrogens with one attached hydrogen (secondary N) is 1. The highest BCUT2D eigenvalue weighted by Crippen LogP contribution is 2.42. The van der Waals surface area contributed by atoms with Crippen LogP contribution in [0.2, 0.25) is 0 Å². The molecule has 144 valence electrons. The highest BCUT2D eigenvalue weighted by Gasteiger charge is 2.48. The molecule has 1 saturated heterocycles. The molecule has 7 nitrogen and oxygen atoms in total. The average Bonchev–Trinajstić information content (AvgIpc) is 3.14. The molecule has 1 amide bonds. The third-order valence-corrected chi connectivity index (χ3v) is 5.83. The third-order valence-electron chi connectivity index (χ3n) is 5.83. The van der Waals surface area contributed by atoms with E-state index in [1.54, 1.807) is 19.5 Å². The van der Waals surface area contributed by atoms with E-state index in [0.717, 1.165) is 55.8 Å². The number of imidazole rings is 1. The van der Waals surface area contributed by atoms with Crippen LogP contribution in [0.3, 0.4) is 0 Å². The van der Waals surface area contributed by atoms with Gasteiger partial charge in [0.1, 0.15) is 12.4 Å². The number of nitrogens with zero attached hydrogens (tertiary/aromatic N) is 3. The Morgan fingerprint density at radius 3 is 2.89 bits per heavy atom. The predicted molar refractivity (Wildman–Crippen MR) is 100 cm³/mol. The summed E-state index contributed by atoms with van der Waals surface area (Å²) in [5.41, 5.74) is 2.92. The quantitative estimate of drug-likeness (QED) is 0.855. The highest BCUT2D eigenvalue weighted by atomic mass is 16.5. The largest absolute Gasteiger partial charge is 0.508 e. The molecule has 2 aliphatic rings. The van der Waals surface area contributed by atoms with Gasteiger partial charge in [-0.2, -0.15) is 0 Å². The minimum atomic E-state index is -0.349. The van der Waals surface area contributed by atoms with Gasteiger partial charge in [-0.05, 0) is 30.5 Å². The molecule has 1 aromatic heterocycles. The number of aromatic amines is 1. The molecule has 4 rings (SSSR count). The first-order valence-electron chi connectivity index (χ1n) is 9.45. The predicted octanol–water partition coefficient (Wildman–Crippen LogP) is 1.64. The number of phenols is 1. The van der Waals surface area contributed by atoms with Crippen LogP contribution in [0.25, 0.3) is 0 Å². The van der Waals surface area contributed by atoms with Gasteiger partial charge in [0.25, 0.3) is 0 Å². The fourth-order valence-electron chi connectivity index (χ4n) is 4.54. The molecule has 1 fully saturated rings.